The highest BCUT2D eigenvalue weighted by molar-refractivity contribution is 9.11. The van der Waals surface area contributed by atoms with Crippen LogP contribution in [0, 0.1) is 0 Å². The maximum Gasteiger partial charge on any atom is 0.252 e. The summed E-state index contributed by atoms with van der Waals surface area (Å²) >= 11 is 6.88. The zero-order chi connectivity index (χ0) is 14.9. The highest BCUT2D eigenvalue weighted by Crippen LogP contribution is 2.32. The molecule has 1 atom stereocenters. The van der Waals surface area contributed by atoms with Gasteiger partial charge in [-0.3, -0.25) is 9.59 Å². The largest absolute Gasteiger partial charge is 0.342 e. The van der Waals surface area contributed by atoms with Crippen molar-refractivity contribution in [2.75, 3.05) is 11.4 Å². The Balaban J connectivity index is 2.44. The molecule has 1 unspecified atom stereocenters. The first-order valence-electron chi connectivity index (χ1n) is 6.45. The van der Waals surface area contributed by atoms with Gasteiger partial charge in [-0.05, 0) is 47.5 Å². The van der Waals surface area contributed by atoms with E-state index in [2.05, 4.69) is 37.2 Å². The van der Waals surface area contributed by atoms with Gasteiger partial charge in [0.25, 0.3) is 5.91 Å². The van der Waals surface area contributed by atoms with Gasteiger partial charge in [0, 0.05) is 21.9 Å². The van der Waals surface area contributed by atoms with Crippen molar-refractivity contribution >= 4 is 49.4 Å². The summed E-state index contributed by atoms with van der Waals surface area (Å²) in [7, 11) is 0. The Morgan fingerprint density at radius 1 is 1.35 bits per heavy atom. The lowest BCUT2D eigenvalue weighted by molar-refractivity contribution is -0.129. The van der Waals surface area contributed by atoms with Crippen LogP contribution in [-0.2, 0) is 9.59 Å². The maximum atomic E-state index is 12.8. The minimum atomic E-state index is -0.847. The van der Waals surface area contributed by atoms with Crippen LogP contribution in [-0.4, -0.2) is 23.9 Å². The molecule has 1 heterocycles. The number of anilines is 1. The molecule has 1 aromatic rings. The van der Waals surface area contributed by atoms with Gasteiger partial charge in [-0.2, -0.15) is 0 Å². The lowest BCUT2D eigenvalue weighted by Gasteiger charge is -2.31. The molecule has 4 nitrogen and oxygen atoms in total. The molecule has 1 aliphatic rings. The Hall–Kier alpha value is -0.880. The predicted molar refractivity (Wildman–Crippen MR) is 85.7 cm³/mol. The molecule has 0 bridgehead atoms. The summed E-state index contributed by atoms with van der Waals surface area (Å²) in [5.41, 5.74) is -0.0607. The van der Waals surface area contributed by atoms with Crippen LogP contribution in [0.15, 0.2) is 27.1 Å². The van der Waals surface area contributed by atoms with Crippen LogP contribution in [0.2, 0.25) is 0 Å². The number of carbonyl (C=O) groups excluding carboxylic acids is 2. The number of amides is 2. The lowest BCUT2D eigenvalue weighted by atomic mass is 9.97. The highest BCUT2D eigenvalue weighted by atomic mass is 79.9. The smallest absolute Gasteiger partial charge is 0.252 e. The van der Waals surface area contributed by atoms with Gasteiger partial charge >= 0.3 is 0 Å². The van der Waals surface area contributed by atoms with Gasteiger partial charge in [-0.25, -0.2) is 0 Å². The molecular formula is C14H16Br2N2O2. The molecule has 20 heavy (non-hydrogen) atoms. The number of rotatable bonds is 2. The quantitative estimate of drug-likeness (QED) is 0.823. The Morgan fingerprint density at radius 2 is 2.05 bits per heavy atom. The predicted octanol–water partition coefficient (Wildman–Crippen LogP) is 3.23. The van der Waals surface area contributed by atoms with E-state index in [1.165, 1.54) is 0 Å². The van der Waals surface area contributed by atoms with E-state index in [0.29, 0.717) is 19.4 Å². The zero-order valence-corrected chi connectivity index (χ0v) is 14.5. The van der Waals surface area contributed by atoms with Crippen molar-refractivity contribution in [1.29, 1.82) is 0 Å². The van der Waals surface area contributed by atoms with Crippen LogP contribution < -0.4 is 10.2 Å². The van der Waals surface area contributed by atoms with E-state index in [1.54, 1.807) is 11.8 Å². The fourth-order valence-electron chi connectivity index (χ4n) is 2.21. The third-order valence-electron chi connectivity index (χ3n) is 3.60. The van der Waals surface area contributed by atoms with Crippen LogP contribution >= 0.6 is 31.9 Å². The molecular weight excluding hydrogens is 388 g/mol. The summed E-state index contributed by atoms with van der Waals surface area (Å²) < 4.78 is 1.76. The molecule has 1 aliphatic heterocycles. The van der Waals surface area contributed by atoms with Crippen LogP contribution in [0.1, 0.15) is 26.7 Å². The average Bonchev–Trinajstić information content (AvgIpc) is 2.50. The highest BCUT2D eigenvalue weighted by Gasteiger charge is 2.40. The number of hydrogen-bond donors (Lipinski definition) is 1. The molecule has 1 fully saturated rings. The molecule has 2 rings (SSSR count). The number of hydrogen-bond acceptors (Lipinski definition) is 2. The van der Waals surface area contributed by atoms with E-state index in [-0.39, 0.29) is 11.8 Å². The molecule has 0 aliphatic carbocycles. The fraction of sp³-hybridized carbons (Fsp3) is 0.429. The van der Waals surface area contributed by atoms with Crippen molar-refractivity contribution in [2.45, 2.75) is 32.2 Å². The summed E-state index contributed by atoms with van der Waals surface area (Å²) in [5, 5.41) is 2.83. The average molecular weight is 404 g/mol. The number of carbonyl (C=O) groups is 2. The Labute approximate surface area is 135 Å². The zero-order valence-electron chi connectivity index (χ0n) is 11.4. The van der Waals surface area contributed by atoms with E-state index >= 15 is 0 Å². The monoisotopic (exact) mass is 402 g/mol. The van der Waals surface area contributed by atoms with E-state index in [4.69, 9.17) is 0 Å². The number of nitrogens with zero attached hydrogens (tertiary/aromatic N) is 1. The Morgan fingerprint density at radius 3 is 2.65 bits per heavy atom. The van der Waals surface area contributed by atoms with Gasteiger partial charge in [-0.1, -0.05) is 22.9 Å². The molecule has 0 radical (unpaired) electrons. The number of benzene rings is 1. The third-order valence-corrected chi connectivity index (χ3v) is 4.73. The maximum absolute atomic E-state index is 12.8. The molecule has 1 saturated heterocycles. The van der Waals surface area contributed by atoms with Crippen molar-refractivity contribution in [1.82, 2.24) is 5.32 Å². The second-order valence-electron chi connectivity index (χ2n) is 5.04. The lowest BCUT2D eigenvalue weighted by Crippen LogP contribution is -2.54. The Bertz CT molecular complexity index is 562. The number of halogens is 2. The van der Waals surface area contributed by atoms with Gasteiger partial charge in [-0.15, -0.1) is 0 Å². The molecule has 1 aromatic carbocycles. The SMILES string of the molecule is CCC1(C)NC(=O)CCN(c2ccc(Br)cc2Br)C1=O. The summed E-state index contributed by atoms with van der Waals surface area (Å²) in [4.78, 5) is 26.2. The normalized spacial score (nSPS) is 23.5. The first-order valence-corrected chi connectivity index (χ1v) is 8.04. The van der Waals surface area contributed by atoms with E-state index < -0.39 is 5.54 Å². The molecule has 6 heteroatoms. The van der Waals surface area contributed by atoms with Crippen molar-refractivity contribution in [2.24, 2.45) is 0 Å². The second-order valence-corrected chi connectivity index (χ2v) is 6.81. The molecule has 1 N–H and O–H groups in total. The van der Waals surface area contributed by atoms with E-state index in [9.17, 15) is 9.59 Å². The van der Waals surface area contributed by atoms with Crippen LogP contribution in [0.3, 0.4) is 0 Å². The van der Waals surface area contributed by atoms with Crippen LogP contribution in [0.4, 0.5) is 5.69 Å². The van der Waals surface area contributed by atoms with Crippen LogP contribution in [0.5, 0.6) is 0 Å². The summed E-state index contributed by atoms with van der Waals surface area (Å²) in [6, 6.07) is 5.65. The van der Waals surface area contributed by atoms with Crippen molar-refractivity contribution in [3.63, 3.8) is 0 Å². The minimum absolute atomic E-state index is 0.0751. The first kappa shape index (κ1) is 15.5. The summed E-state index contributed by atoms with van der Waals surface area (Å²) in [6.45, 7) is 4.07. The van der Waals surface area contributed by atoms with Gasteiger partial charge in [0.2, 0.25) is 5.91 Å². The van der Waals surface area contributed by atoms with Gasteiger partial charge < -0.3 is 10.2 Å². The van der Waals surface area contributed by atoms with Gasteiger partial charge in [0.05, 0.1) is 5.69 Å². The number of nitrogens with one attached hydrogen (secondary N) is 1. The molecule has 108 valence electrons. The standard InChI is InChI=1S/C14H16Br2N2O2/c1-3-14(2)13(20)18(7-6-12(19)17-14)11-5-4-9(15)8-10(11)16/h4-5,8H,3,6-7H2,1-2H3,(H,17,19). The van der Waals surface area contributed by atoms with Gasteiger partial charge in [0.1, 0.15) is 5.54 Å². The molecule has 0 spiro atoms. The topological polar surface area (TPSA) is 49.4 Å². The fourth-order valence-corrected chi connectivity index (χ4v) is 3.47. The van der Waals surface area contributed by atoms with E-state index in [0.717, 1.165) is 14.6 Å². The molecule has 2 amide bonds. The van der Waals surface area contributed by atoms with Crippen molar-refractivity contribution in [3.05, 3.63) is 27.1 Å². The van der Waals surface area contributed by atoms with Crippen molar-refractivity contribution in [3.8, 4) is 0 Å². The second kappa shape index (κ2) is 5.85. The third kappa shape index (κ3) is 2.91. The van der Waals surface area contributed by atoms with Gasteiger partial charge in [0.15, 0.2) is 0 Å². The summed E-state index contributed by atoms with van der Waals surface area (Å²) in [5.74, 6) is -0.160. The van der Waals surface area contributed by atoms with Crippen molar-refractivity contribution < 1.29 is 9.59 Å². The molecule has 0 saturated carbocycles. The van der Waals surface area contributed by atoms with Crippen LogP contribution in [0.25, 0.3) is 0 Å². The van der Waals surface area contributed by atoms with E-state index in [1.807, 2.05) is 25.1 Å². The summed E-state index contributed by atoms with van der Waals surface area (Å²) in [6.07, 6.45) is 0.867. The first-order chi connectivity index (χ1) is 9.37. The minimum Gasteiger partial charge on any atom is -0.342 e. The molecule has 0 aromatic heterocycles. The Kier molecular flexibility index (Phi) is 4.54.